The predicted octanol–water partition coefficient (Wildman–Crippen LogP) is 2.82. The summed E-state index contributed by atoms with van der Waals surface area (Å²) in [5.41, 5.74) is 1.83. The smallest absolute Gasteiger partial charge is 0.251 e. The van der Waals surface area contributed by atoms with Crippen LogP contribution in [-0.4, -0.2) is 17.4 Å². The Kier molecular flexibility index (Phi) is 4.47. The number of aromatic nitrogens is 1. The van der Waals surface area contributed by atoms with Gasteiger partial charge < -0.3 is 5.32 Å². The second kappa shape index (κ2) is 6.31. The van der Waals surface area contributed by atoms with E-state index in [0.717, 1.165) is 6.42 Å². The summed E-state index contributed by atoms with van der Waals surface area (Å²) in [5, 5.41) is 2.89. The summed E-state index contributed by atoms with van der Waals surface area (Å²) in [6, 6.07) is 13.5. The molecule has 0 saturated carbocycles. The maximum Gasteiger partial charge on any atom is 0.251 e. The minimum Gasteiger partial charge on any atom is -0.352 e. The lowest BCUT2D eigenvalue weighted by Crippen LogP contribution is -2.25. The van der Waals surface area contributed by atoms with Crippen LogP contribution in [0.5, 0.6) is 0 Å². The first-order valence-corrected chi connectivity index (χ1v) is 6.49. The number of nitrogens with zero attached hydrogens (tertiary/aromatic N) is 1. The van der Waals surface area contributed by atoms with Gasteiger partial charge in [0.15, 0.2) is 0 Å². The van der Waals surface area contributed by atoms with Gasteiger partial charge in [-0.1, -0.05) is 30.3 Å². The number of halogens is 1. The highest BCUT2D eigenvalue weighted by Gasteiger charge is 2.05. The molecule has 0 aliphatic heterocycles. The summed E-state index contributed by atoms with van der Waals surface area (Å²) in [4.78, 5) is 15.8. The molecule has 0 unspecified atom stereocenters. The van der Waals surface area contributed by atoms with Crippen molar-refractivity contribution in [2.75, 3.05) is 6.54 Å². The minimum atomic E-state index is -0.0750. The molecule has 92 valence electrons. The third-order valence-electron chi connectivity index (χ3n) is 2.53. The third-order valence-corrected chi connectivity index (χ3v) is 2.96. The molecule has 1 aromatic heterocycles. The van der Waals surface area contributed by atoms with Gasteiger partial charge in [-0.15, -0.1) is 0 Å². The summed E-state index contributed by atoms with van der Waals surface area (Å²) in [7, 11) is 0. The highest BCUT2D eigenvalue weighted by atomic mass is 79.9. The Balaban J connectivity index is 1.86. The zero-order valence-corrected chi connectivity index (χ0v) is 11.4. The van der Waals surface area contributed by atoms with Crippen molar-refractivity contribution in [2.45, 2.75) is 6.42 Å². The average molecular weight is 305 g/mol. The van der Waals surface area contributed by atoms with E-state index in [2.05, 4.69) is 38.4 Å². The molecule has 0 atom stereocenters. The van der Waals surface area contributed by atoms with Crippen molar-refractivity contribution in [1.29, 1.82) is 0 Å². The van der Waals surface area contributed by atoms with E-state index in [4.69, 9.17) is 0 Å². The van der Waals surface area contributed by atoms with Gasteiger partial charge in [-0.25, -0.2) is 4.98 Å². The number of nitrogens with one attached hydrogen (secondary N) is 1. The van der Waals surface area contributed by atoms with Gasteiger partial charge in [0.05, 0.1) is 0 Å². The van der Waals surface area contributed by atoms with E-state index >= 15 is 0 Å². The molecular weight excluding hydrogens is 292 g/mol. The molecule has 0 saturated heterocycles. The number of carbonyl (C=O) groups excluding carboxylic acids is 1. The monoisotopic (exact) mass is 304 g/mol. The molecule has 4 heteroatoms. The van der Waals surface area contributed by atoms with Crippen LogP contribution in [0.4, 0.5) is 0 Å². The Morgan fingerprint density at radius 2 is 2.00 bits per heavy atom. The lowest BCUT2D eigenvalue weighted by Gasteiger charge is -2.05. The van der Waals surface area contributed by atoms with E-state index in [0.29, 0.717) is 16.7 Å². The first kappa shape index (κ1) is 12.8. The van der Waals surface area contributed by atoms with Gasteiger partial charge >= 0.3 is 0 Å². The summed E-state index contributed by atoms with van der Waals surface area (Å²) in [6.45, 7) is 0.628. The van der Waals surface area contributed by atoms with Crippen LogP contribution in [0.2, 0.25) is 0 Å². The summed E-state index contributed by atoms with van der Waals surface area (Å²) >= 11 is 3.24. The predicted molar refractivity (Wildman–Crippen MR) is 74.4 cm³/mol. The average Bonchev–Trinajstić information content (AvgIpc) is 2.40. The molecule has 1 amide bonds. The lowest BCUT2D eigenvalue weighted by molar-refractivity contribution is 0.0954. The Bertz CT molecular complexity index is 528. The van der Waals surface area contributed by atoms with Crippen molar-refractivity contribution in [3.63, 3.8) is 0 Å². The number of rotatable bonds is 4. The van der Waals surface area contributed by atoms with Gasteiger partial charge in [-0.2, -0.15) is 0 Å². The molecule has 2 aromatic rings. The Morgan fingerprint density at radius 1 is 1.22 bits per heavy atom. The molecule has 1 heterocycles. The van der Waals surface area contributed by atoms with Crippen molar-refractivity contribution in [3.05, 3.63) is 64.4 Å². The van der Waals surface area contributed by atoms with Crippen LogP contribution in [0, 0.1) is 0 Å². The fourth-order valence-electron chi connectivity index (χ4n) is 1.61. The highest BCUT2D eigenvalue weighted by molar-refractivity contribution is 9.10. The van der Waals surface area contributed by atoms with Gasteiger partial charge in [0.25, 0.3) is 5.91 Å². The maximum absolute atomic E-state index is 11.8. The van der Waals surface area contributed by atoms with Crippen molar-refractivity contribution in [1.82, 2.24) is 10.3 Å². The number of hydrogen-bond acceptors (Lipinski definition) is 2. The molecule has 18 heavy (non-hydrogen) atoms. The summed E-state index contributed by atoms with van der Waals surface area (Å²) < 4.78 is 0.665. The fourth-order valence-corrected chi connectivity index (χ4v) is 1.98. The quantitative estimate of drug-likeness (QED) is 0.883. The lowest BCUT2D eigenvalue weighted by atomic mass is 10.1. The minimum absolute atomic E-state index is 0.0750. The Labute approximate surface area is 114 Å². The standard InChI is InChI=1S/C14H13BrN2O/c15-13-10-12(7-9-16-13)14(18)17-8-6-11-4-2-1-3-5-11/h1-5,7,9-10H,6,8H2,(H,17,18). The normalized spacial score (nSPS) is 10.1. The fraction of sp³-hybridized carbons (Fsp3) is 0.143. The number of hydrogen-bond donors (Lipinski definition) is 1. The number of benzene rings is 1. The molecule has 0 bridgehead atoms. The molecule has 0 radical (unpaired) electrons. The number of carbonyl (C=O) groups is 1. The van der Waals surface area contributed by atoms with E-state index in [1.54, 1.807) is 18.3 Å². The summed E-state index contributed by atoms with van der Waals surface area (Å²) in [5.74, 6) is -0.0750. The second-order valence-corrected chi connectivity index (χ2v) is 4.67. The van der Waals surface area contributed by atoms with Crippen LogP contribution in [0.1, 0.15) is 15.9 Å². The first-order valence-electron chi connectivity index (χ1n) is 5.69. The Hall–Kier alpha value is -1.68. The second-order valence-electron chi connectivity index (χ2n) is 3.86. The van der Waals surface area contributed by atoms with Crippen LogP contribution in [-0.2, 0) is 6.42 Å². The number of pyridine rings is 1. The van der Waals surface area contributed by atoms with E-state index in [1.165, 1.54) is 5.56 Å². The Morgan fingerprint density at radius 3 is 2.72 bits per heavy atom. The summed E-state index contributed by atoms with van der Waals surface area (Å²) in [6.07, 6.45) is 2.44. The molecular formula is C14H13BrN2O. The number of amides is 1. The molecule has 1 N–H and O–H groups in total. The third kappa shape index (κ3) is 3.67. The molecule has 0 fully saturated rings. The van der Waals surface area contributed by atoms with Gasteiger partial charge in [0.1, 0.15) is 4.60 Å². The van der Waals surface area contributed by atoms with Crippen LogP contribution in [0.3, 0.4) is 0 Å². The molecule has 1 aromatic carbocycles. The van der Waals surface area contributed by atoms with E-state index < -0.39 is 0 Å². The topological polar surface area (TPSA) is 42.0 Å². The van der Waals surface area contributed by atoms with Crippen molar-refractivity contribution in [2.24, 2.45) is 0 Å². The van der Waals surface area contributed by atoms with Gasteiger partial charge in [0.2, 0.25) is 0 Å². The van der Waals surface area contributed by atoms with E-state index in [1.807, 2.05) is 18.2 Å². The maximum atomic E-state index is 11.8. The molecule has 3 nitrogen and oxygen atoms in total. The zero-order valence-electron chi connectivity index (χ0n) is 9.77. The first-order chi connectivity index (χ1) is 8.75. The van der Waals surface area contributed by atoms with Crippen LogP contribution < -0.4 is 5.32 Å². The van der Waals surface area contributed by atoms with Crippen LogP contribution in [0.15, 0.2) is 53.3 Å². The van der Waals surface area contributed by atoms with Crippen molar-refractivity contribution < 1.29 is 4.79 Å². The molecule has 2 rings (SSSR count). The van der Waals surface area contributed by atoms with E-state index in [9.17, 15) is 4.79 Å². The van der Waals surface area contributed by atoms with Crippen molar-refractivity contribution >= 4 is 21.8 Å². The van der Waals surface area contributed by atoms with Crippen LogP contribution >= 0.6 is 15.9 Å². The molecule has 0 aliphatic rings. The van der Waals surface area contributed by atoms with Gasteiger partial charge in [-0.3, -0.25) is 4.79 Å². The zero-order chi connectivity index (χ0) is 12.8. The SMILES string of the molecule is O=C(NCCc1ccccc1)c1ccnc(Br)c1. The molecule has 0 spiro atoms. The van der Waals surface area contributed by atoms with Gasteiger partial charge in [-0.05, 0) is 40.0 Å². The van der Waals surface area contributed by atoms with Crippen molar-refractivity contribution in [3.8, 4) is 0 Å². The van der Waals surface area contributed by atoms with Crippen LogP contribution in [0.25, 0.3) is 0 Å². The largest absolute Gasteiger partial charge is 0.352 e. The van der Waals surface area contributed by atoms with Gasteiger partial charge in [0, 0.05) is 18.3 Å². The molecule has 0 aliphatic carbocycles. The highest BCUT2D eigenvalue weighted by Crippen LogP contribution is 2.07. The van der Waals surface area contributed by atoms with E-state index in [-0.39, 0.29) is 5.91 Å².